The highest BCUT2D eigenvalue weighted by Crippen LogP contribution is 2.05. The van der Waals surface area contributed by atoms with E-state index in [1.54, 1.807) is 0 Å². The van der Waals surface area contributed by atoms with Crippen molar-refractivity contribution in [3.63, 3.8) is 0 Å². The molecule has 1 heterocycles. The number of aryl methyl sites for hydroxylation is 1. The molecule has 3 heteroatoms. The fourth-order valence-corrected chi connectivity index (χ4v) is 2.66. The second kappa shape index (κ2) is 7.04. The van der Waals surface area contributed by atoms with Crippen LogP contribution in [0.3, 0.4) is 0 Å². The Balaban J connectivity index is 1.72. The number of hydrogen-bond acceptors (Lipinski definition) is 3. The number of piperazine rings is 1. The molecule has 0 amide bonds. The maximum absolute atomic E-state index is 3.60. The van der Waals surface area contributed by atoms with Gasteiger partial charge in [-0.1, -0.05) is 29.8 Å². The molecule has 1 aliphatic heterocycles. The molecule has 0 aliphatic carbocycles. The van der Waals surface area contributed by atoms with Crippen LogP contribution in [-0.2, 0) is 6.42 Å². The summed E-state index contributed by atoms with van der Waals surface area (Å²) in [6.45, 7) is 7.85. The van der Waals surface area contributed by atoms with Crippen molar-refractivity contribution in [2.75, 3.05) is 46.8 Å². The van der Waals surface area contributed by atoms with Gasteiger partial charge in [0.15, 0.2) is 0 Å². The summed E-state index contributed by atoms with van der Waals surface area (Å²) in [5, 5.41) is 3.60. The molecule has 1 aromatic carbocycles. The zero-order chi connectivity index (χ0) is 13.7. The standard InChI is InChI=1S/C16H27N3/c1-14-4-6-15(7-5-14)8-10-18(2)12-16-13-19(3)11-9-17-16/h4-7,16-17H,8-13H2,1-3H3. The molecule has 1 unspecified atom stereocenters. The summed E-state index contributed by atoms with van der Waals surface area (Å²) in [6.07, 6.45) is 1.14. The minimum atomic E-state index is 0.613. The number of likely N-dealkylation sites (N-methyl/N-ethyl adjacent to an activating group) is 2. The van der Waals surface area contributed by atoms with E-state index in [0.717, 1.165) is 32.6 Å². The van der Waals surface area contributed by atoms with Crippen LogP contribution in [0.4, 0.5) is 0 Å². The van der Waals surface area contributed by atoms with Gasteiger partial charge in [0.1, 0.15) is 0 Å². The van der Waals surface area contributed by atoms with Crippen molar-refractivity contribution >= 4 is 0 Å². The Hall–Kier alpha value is -0.900. The first-order valence-electron chi connectivity index (χ1n) is 7.29. The molecule has 1 atom stereocenters. The number of nitrogens with zero attached hydrogens (tertiary/aromatic N) is 2. The molecule has 106 valence electrons. The SMILES string of the molecule is Cc1ccc(CCN(C)CC2CN(C)CCN2)cc1. The van der Waals surface area contributed by atoms with Gasteiger partial charge in [0.2, 0.25) is 0 Å². The van der Waals surface area contributed by atoms with Crippen molar-refractivity contribution in [3.05, 3.63) is 35.4 Å². The molecular weight excluding hydrogens is 234 g/mol. The van der Waals surface area contributed by atoms with Gasteiger partial charge in [0.25, 0.3) is 0 Å². The van der Waals surface area contributed by atoms with E-state index in [9.17, 15) is 0 Å². The summed E-state index contributed by atoms with van der Waals surface area (Å²) >= 11 is 0. The van der Waals surface area contributed by atoms with Crippen molar-refractivity contribution in [3.8, 4) is 0 Å². The van der Waals surface area contributed by atoms with Crippen molar-refractivity contribution in [2.24, 2.45) is 0 Å². The van der Waals surface area contributed by atoms with Crippen LogP contribution >= 0.6 is 0 Å². The molecule has 3 nitrogen and oxygen atoms in total. The van der Waals surface area contributed by atoms with Crippen LogP contribution in [0, 0.1) is 6.92 Å². The van der Waals surface area contributed by atoms with Gasteiger partial charge in [0.05, 0.1) is 0 Å². The predicted molar refractivity (Wildman–Crippen MR) is 81.7 cm³/mol. The van der Waals surface area contributed by atoms with Crippen LogP contribution in [0.5, 0.6) is 0 Å². The Bertz CT molecular complexity index is 374. The number of nitrogens with one attached hydrogen (secondary N) is 1. The van der Waals surface area contributed by atoms with E-state index in [2.05, 4.69) is 60.4 Å². The zero-order valence-corrected chi connectivity index (χ0v) is 12.5. The van der Waals surface area contributed by atoms with Crippen LogP contribution in [0.2, 0.25) is 0 Å². The first-order valence-corrected chi connectivity index (χ1v) is 7.29. The molecule has 1 saturated heterocycles. The monoisotopic (exact) mass is 261 g/mol. The minimum Gasteiger partial charge on any atom is -0.310 e. The van der Waals surface area contributed by atoms with Gasteiger partial charge in [-0.2, -0.15) is 0 Å². The summed E-state index contributed by atoms with van der Waals surface area (Å²) in [7, 11) is 4.44. The molecule has 0 saturated carbocycles. The summed E-state index contributed by atoms with van der Waals surface area (Å²) in [5.74, 6) is 0. The van der Waals surface area contributed by atoms with Gasteiger partial charge in [-0.25, -0.2) is 0 Å². The summed E-state index contributed by atoms with van der Waals surface area (Å²) < 4.78 is 0. The maximum Gasteiger partial charge on any atom is 0.0322 e. The van der Waals surface area contributed by atoms with Gasteiger partial charge in [-0.05, 0) is 33.0 Å². The van der Waals surface area contributed by atoms with E-state index < -0.39 is 0 Å². The minimum absolute atomic E-state index is 0.613. The largest absolute Gasteiger partial charge is 0.310 e. The molecule has 1 N–H and O–H groups in total. The Labute approximate surface area is 117 Å². The van der Waals surface area contributed by atoms with E-state index >= 15 is 0 Å². The van der Waals surface area contributed by atoms with E-state index in [4.69, 9.17) is 0 Å². The van der Waals surface area contributed by atoms with Crippen LogP contribution in [0.15, 0.2) is 24.3 Å². The Morgan fingerprint density at radius 3 is 2.74 bits per heavy atom. The highest BCUT2D eigenvalue weighted by atomic mass is 15.2. The van der Waals surface area contributed by atoms with E-state index in [-0.39, 0.29) is 0 Å². The molecular formula is C16H27N3. The molecule has 1 aliphatic rings. The van der Waals surface area contributed by atoms with Gasteiger partial charge < -0.3 is 15.1 Å². The quantitative estimate of drug-likeness (QED) is 0.864. The average Bonchev–Trinajstić information content (AvgIpc) is 2.38. The van der Waals surface area contributed by atoms with E-state index in [1.807, 2.05) is 0 Å². The predicted octanol–water partition coefficient (Wildman–Crippen LogP) is 1.37. The molecule has 1 aromatic rings. The van der Waals surface area contributed by atoms with Crippen molar-refractivity contribution in [2.45, 2.75) is 19.4 Å². The molecule has 0 aromatic heterocycles. The van der Waals surface area contributed by atoms with Crippen molar-refractivity contribution < 1.29 is 0 Å². The first-order chi connectivity index (χ1) is 9.13. The van der Waals surface area contributed by atoms with Gasteiger partial charge in [-0.3, -0.25) is 0 Å². The Morgan fingerprint density at radius 2 is 2.05 bits per heavy atom. The third-order valence-corrected chi connectivity index (χ3v) is 3.89. The van der Waals surface area contributed by atoms with Crippen LogP contribution in [0.25, 0.3) is 0 Å². The number of benzene rings is 1. The molecule has 1 fully saturated rings. The molecule has 0 spiro atoms. The average molecular weight is 261 g/mol. The van der Waals surface area contributed by atoms with Crippen LogP contribution < -0.4 is 5.32 Å². The lowest BCUT2D eigenvalue weighted by molar-refractivity contribution is 0.196. The van der Waals surface area contributed by atoms with Gasteiger partial charge in [-0.15, -0.1) is 0 Å². The number of rotatable bonds is 5. The summed E-state index contributed by atoms with van der Waals surface area (Å²) in [4.78, 5) is 4.85. The summed E-state index contributed by atoms with van der Waals surface area (Å²) in [5.41, 5.74) is 2.78. The second-order valence-corrected chi connectivity index (χ2v) is 5.91. The molecule has 2 rings (SSSR count). The van der Waals surface area contributed by atoms with Crippen LogP contribution in [0.1, 0.15) is 11.1 Å². The Morgan fingerprint density at radius 1 is 1.32 bits per heavy atom. The fourth-order valence-electron chi connectivity index (χ4n) is 2.66. The number of hydrogen-bond donors (Lipinski definition) is 1. The lowest BCUT2D eigenvalue weighted by Crippen LogP contribution is -2.53. The fraction of sp³-hybridized carbons (Fsp3) is 0.625. The lowest BCUT2D eigenvalue weighted by Gasteiger charge is -2.33. The topological polar surface area (TPSA) is 18.5 Å². The first kappa shape index (κ1) is 14.5. The lowest BCUT2D eigenvalue weighted by atomic mass is 10.1. The highest BCUT2D eigenvalue weighted by molar-refractivity contribution is 5.21. The maximum atomic E-state index is 3.60. The molecule has 0 radical (unpaired) electrons. The molecule has 19 heavy (non-hydrogen) atoms. The van der Waals surface area contributed by atoms with Gasteiger partial charge in [0, 0.05) is 38.8 Å². The van der Waals surface area contributed by atoms with Gasteiger partial charge >= 0.3 is 0 Å². The zero-order valence-electron chi connectivity index (χ0n) is 12.5. The third-order valence-electron chi connectivity index (χ3n) is 3.89. The van der Waals surface area contributed by atoms with E-state index in [0.29, 0.717) is 6.04 Å². The van der Waals surface area contributed by atoms with Crippen LogP contribution in [-0.4, -0.2) is 62.7 Å². The van der Waals surface area contributed by atoms with Crippen molar-refractivity contribution in [1.82, 2.24) is 15.1 Å². The normalized spacial score (nSPS) is 20.9. The smallest absolute Gasteiger partial charge is 0.0322 e. The second-order valence-electron chi connectivity index (χ2n) is 5.91. The Kier molecular flexibility index (Phi) is 5.37. The summed E-state index contributed by atoms with van der Waals surface area (Å²) in [6, 6.07) is 9.51. The van der Waals surface area contributed by atoms with Crippen molar-refractivity contribution in [1.29, 1.82) is 0 Å². The molecule has 0 bridgehead atoms. The highest BCUT2D eigenvalue weighted by Gasteiger charge is 2.17. The third kappa shape index (κ3) is 4.94. The van der Waals surface area contributed by atoms with E-state index in [1.165, 1.54) is 17.7 Å².